The Morgan fingerprint density at radius 3 is 2.44 bits per heavy atom. The van der Waals surface area contributed by atoms with E-state index in [9.17, 15) is 28.4 Å². The van der Waals surface area contributed by atoms with Gasteiger partial charge in [0.05, 0.1) is 21.1 Å². The number of carboxylic acids is 1. The number of phenolic OH excluding ortho intramolecular Hbond substituents is 1. The number of benzene rings is 2. The van der Waals surface area contributed by atoms with Crippen LogP contribution in [0.1, 0.15) is 10.4 Å². The Kier molecular flexibility index (Phi) is 5.20. The fourth-order valence-corrected chi connectivity index (χ4v) is 3.83. The van der Waals surface area contributed by atoms with Crippen molar-refractivity contribution in [1.29, 1.82) is 0 Å². The molecule has 132 valence electrons. The zero-order valence-electron chi connectivity index (χ0n) is 11.9. The fraction of sp³-hybridized carbons (Fsp3) is 0. The van der Waals surface area contributed by atoms with Crippen LogP contribution in [-0.2, 0) is 10.0 Å². The average molecular weight is 452 g/mol. The molecule has 0 aromatic heterocycles. The molecule has 0 unspecified atom stereocenters. The number of carbonyl (C=O) groups is 1. The lowest BCUT2D eigenvalue weighted by Gasteiger charge is -2.11. The molecule has 2 aromatic carbocycles. The molecular weight excluding hydrogens is 444 g/mol. The van der Waals surface area contributed by atoms with Crippen molar-refractivity contribution >= 4 is 54.9 Å². The average Bonchev–Trinajstić information content (AvgIpc) is 2.49. The molecule has 0 saturated carbocycles. The quantitative estimate of drug-likeness (QED) is 0.359. The number of carboxylic acid groups (broad SMARTS) is 1. The number of phenols is 1. The van der Waals surface area contributed by atoms with Crippen molar-refractivity contribution in [2.75, 3.05) is 4.72 Å². The van der Waals surface area contributed by atoms with E-state index in [0.29, 0.717) is 0 Å². The van der Waals surface area contributed by atoms with Crippen molar-refractivity contribution in [3.63, 3.8) is 0 Å². The van der Waals surface area contributed by atoms with E-state index in [-0.39, 0.29) is 15.1 Å². The molecule has 0 aliphatic carbocycles. The van der Waals surface area contributed by atoms with Crippen LogP contribution in [0.4, 0.5) is 11.4 Å². The van der Waals surface area contributed by atoms with Crippen molar-refractivity contribution in [2.45, 2.75) is 4.90 Å². The highest BCUT2D eigenvalue weighted by molar-refractivity contribution is 9.10. The van der Waals surface area contributed by atoms with Gasteiger partial charge in [0.1, 0.15) is 0 Å². The number of anilines is 1. The standard InChI is InChI=1S/C13H8BrClN2O7S/c14-7-1-6(13(19)20)2-9(3-7)25(23,24)16-10-4-8(15)5-11(12(10)18)17(21)22/h1-5,16,18H,(H,19,20). The summed E-state index contributed by atoms with van der Waals surface area (Å²) >= 11 is 8.70. The third-order valence-electron chi connectivity index (χ3n) is 2.92. The summed E-state index contributed by atoms with van der Waals surface area (Å²) in [7, 11) is -4.36. The third kappa shape index (κ3) is 4.18. The first kappa shape index (κ1) is 19.0. The summed E-state index contributed by atoms with van der Waals surface area (Å²) in [4.78, 5) is 20.5. The molecule has 0 radical (unpaired) electrons. The smallest absolute Gasteiger partial charge is 0.335 e. The van der Waals surface area contributed by atoms with Crippen molar-refractivity contribution in [2.24, 2.45) is 0 Å². The Bertz CT molecular complexity index is 994. The molecule has 0 aliphatic heterocycles. The van der Waals surface area contributed by atoms with Crippen LogP contribution < -0.4 is 4.72 Å². The topological polar surface area (TPSA) is 147 Å². The van der Waals surface area contributed by atoms with Gasteiger partial charge in [0, 0.05) is 15.6 Å². The Morgan fingerprint density at radius 2 is 1.88 bits per heavy atom. The molecule has 12 heteroatoms. The minimum atomic E-state index is -4.36. The highest BCUT2D eigenvalue weighted by Gasteiger charge is 2.24. The number of nitro groups is 1. The first-order valence-electron chi connectivity index (χ1n) is 6.25. The van der Waals surface area contributed by atoms with Crippen LogP contribution in [0.2, 0.25) is 5.02 Å². The number of halogens is 2. The van der Waals surface area contributed by atoms with E-state index >= 15 is 0 Å². The van der Waals surface area contributed by atoms with Gasteiger partial charge in [-0.15, -0.1) is 0 Å². The van der Waals surface area contributed by atoms with E-state index in [0.717, 1.165) is 24.3 Å². The zero-order valence-corrected chi connectivity index (χ0v) is 15.1. The summed E-state index contributed by atoms with van der Waals surface area (Å²) in [6.45, 7) is 0. The summed E-state index contributed by atoms with van der Waals surface area (Å²) in [6.07, 6.45) is 0. The number of aromatic carboxylic acids is 1. The van der Waals surface area contributed by atoms with E-state index in [4.69, 9.17) is 16.7 Å². The molecule has 0 aliphatic rings. The maximum absolute atomic E-state index is 12.4. The molecule has 9 nitrogen and oxygen atoms in total. The van der Waals surface area contributed by atoms with Gasteiger partial charge in [0.2, 0.25) is 5.75 Å². The summed E-state index contributed by atoms with van der Waals surface area (Å²) in [5, 5.41) is 29.5. The van der Waals surface area contributed by atoms with Crippen LogP contribution in [0.15, 0.2) is 39.7 Å². The highest BCUT2D eigenvalue weighted by Crippen LogP contribution is 2.38. The lowest BCUT2D eigenvalue weighted by molar-refractivity contribution is -0.385. The van der Waals surface area contributed by atoms with Gasteiger partial charge in [-0.05, 0) is 24.3 Å². The Balaban J connectivity index is 2.54. The van der Waals surface area contributed by atoms with Gasteiger partial charge < -0.3 is 10.2 Å². The maximum atomic E-state index is 12.4. The van der Waals surface area contributed by atoms with Crippen molar-refractivity contribution in [1.82, 2.24) is 0 Å². The number of aromatic hydroxyl groups is 1. The van der Waals surface area contributed by atoms with Gasteiger partial charge >= 0.3 is 11.7 Å². The molecule has 2 rings (SSSR count). The molecule has 3 N–H and O–H groups in total. The number of rotatable bonds is 5. The SMILES string of the molecule is O=C(O)c1cc(Br)cc(S(=O)(=O)Nc2cc(Cl)cc([N+](=O)[O-])c2O)c1. The van der Waals surface area contributed by atoms with Gasteiger partial charge in [-0.2, -0.15) is 0 Å². The predicted molar refractivity (Wildman–Crippen MR) is 91.7 cm³/mol. The molecule has 25 heavy (non-hydrogen) atoms. The number of nitrogens with one attached hydrogen (secondary N) is 1. The largest absolute Gasteiger partial charge is 0.501 e. The van der Waals surface area contributed by atoms with Gasteiger partial charge in [0.15, 0.2) is 0 Å². The van der Waals surface area contributed by atoms with Crippen LogP contribution in [0, 0.1) is 10.1 Å². The minimum Gasteiger partial charge on any atom is -0.501 e. The second-order valence-electron chi connectivity index (χ2n) is 4.66. The Morgan fingerprint density at radius 1 is 1.24 bits per heavy atom. The lowest BCUT2D eigenvalue weighted by Crippen LogP contribution is -2.14. The maximum Gasteiger partial charge on any atom is 0.335 e. The molecule has 0 spiro atoms. The Labute approximate surface area is 154 Å². The van der Waals surface area contributed by atoms with Crippen molar-refractivity contribution in [3.8, 4) is 5.75 Å². The number of hydrogen-bond acceptors (Lipinski definition) is 6. The highest BCUT2D eigenvalue weighted by atomic mass is 79.9. The second kappa shape index (κ2) is 6.86. The van der Waals surface area contributed by atoms with Gasteiger partial charge in [-0.3, -0.25) is 14.8 Å². The van der Waals surface area contributed by atoms with Crippen molar-refractivity contribution in [3.05, 3.63) is 55.5 Å². The van der Waals surface area contributed by atoms with Gasteiger partial charge in [-0.25, -0.2) is 13.2 Å². The molecule has 0 fully saturated rings. The molecule has 2 aromatic rings. The zero-order chi connectivity index (χ0) is 18.9. The fourth-order valence-electron chi connectivity index (χ4n) is 1.85. The third-order valence-corrected chi connectivity index (χ3v) is 4.95. The second-order valence-corrected chi connectivity index (χ2v) is 7.70. The summed E-state index contributed by atoms with van der Waals surface area (Å²) in [5.41, 5.74) is -1.60. The molecule has 0 atom stereocenters. The lowest BCUT2D eigenvalue weighted by atomic mass is 10.2. The Hall–Kier alpha value is -2.37. The summed E-state index contributed by atoms with van der Waals surface area (Å²) < 4.78 is 27.0. The number of nitrogens with zero attached hydrogens (tertiary/aromatic N) is 1. The first-order valence-corrected chi connectivity index (χ1v) is 8.90. The van der Waals surface area contributed by atoms with Gasteiger partial charge in [-0.1, -0.05) is 27.5 Å². The van der Waals surface area contributed by atoms with Crippen LogP contribution in [-0.4, -0.2) is 29.5 Å². The van der Waals surface area contributed by atoms with Crippen LogP contribution >= 0.6 is 27.5 Å². The number of nitro benzene ring substituents is 1. The van der Waals surface area contributed by atoms with Gasteiger partial charge in [0.25, 0.3) is 10.0 Å². The molecule has 0 saturated heterocycles. The first-order chi connectivity index (χ1) is 11.5. The van der Waals surface area contributed by atoms with Crippen LogP contribution in [0.3, 0.4) is 0 Å². The molecule has 0 bridgehead atoms. The van der Waals surface area contributed by atoms with E-state index in [1.807, 2.05) is 4.72 Å². The van der Waals surface area contributed by atoms with Crippen LogP contribution in [0.5, 0.6) is 5.75 Å². The molecular formula is C13H8BrClN2O7S. The van der Waals surface area contributed by atoms with E-state index < -0.39 is 42.9 Å². The number of sulfonamides is 1. The molecule has 0 amide bonds. The van der Waals surface area contributed by atoms with E-state index in [1.54, 1.807) is 0 Å². The van der Waals surface area contributed by atoms with E-state index in [1.165, 1.54) is 6.07 Å². The monoisotopic (exact) mass is 450 g/mol. The summed E-state index contributed by atoms with van der Waals surface area (Å²) in [5.74, 6) is -2.27. The van der Waals surface area contributed by atoms with Crippen molar-refractivity contribution < 1.29 is 28.3 Å². The normalized spacial score (nSPS) is 11.1. The minimum absolute atomic E-state index is 0.178. The predicted octanol–water partition coefficient (Wildman–Crippen LogP) is 3.22. The summed E-state index contributed by atoms with van der Waals surface area (Å²) in [6, 6.07) is 5.06. The van der Waals surface area contributed by atoms with Crippen LogP contribution in [0.25, 0.3) is 0 Å². The molecule has 0 heterocycles. The number of hydrogen-bond donors (Lipinski definition) is 3. The van der Waals surface area contributed by atoms with E-state index in [2.05, 4.69) is 15.9 Å².